The number of methoxy groups -OCH3 is 1. The van der Waals surface area contributed by atoms with Gasteiger partial charge >= 0.3 is 11.7 Å². The van der Waals surface area contributed by atoms with E-state index in [1.54, 1.807) is 25.1 Å². The van der Waals surface area contributed by atoms with Gasteiger partial charge in [-0.1, -0.05) is 12.1 Å². The van der Waals surface area contributed by atoms with Gasteiger partial charge in [-0.3, -0.25) is 10.1 Å². The predicted molar refractivity (Wildman–Crippen MR) is 73.5 cm³/mol. The molecule has 0 radical (unpaired) electrons. The Morgan fingerprint density at radius 1 is 1.33 bits per heavy atom. The van der Waals surface area contributed by atoms with Gasteiger partial charge < -0.3 is 13.9 Å². The number of alkyl carbamates (subject to hydrolysis) is 1. The molecule has 21 heavy (non-hydrogen) atoms. The fourth-order valence-corrected chi connectivity index (χ4v) is 1.76. The molecule has 0 aliphatic heterocycles. The molecule has 1 heterocycles. The fourth-order valence-electron chi connectivity index (χ4n) is 1.76. The number of para-hydroxylation sites is 1. The lowest BCUT2D eigenvalue weighted by atomic mass is 10.1. The number of amides is 2. The molecule has 1 aromatic carbocycles. The van der Waals surface area contributed by atoms with E-state index in [-0.39, 0.29) is 17.8 Å². The van der Waals surface area contributed by atoms with Crippen LogP contribution in [-0.4, -0.2) is 25.7 Å². The first-order valence-electron chi connectivity index (χ1n) is 6.15. The number of hydrogen-bond donors (Lipinski definition) is 1. The quantitative estimate of drug-likeness (QED) is 0.865. The van der Waals surface area contributed by atoms with Gasteiger partial charge in [0.25, 0.3) is 5.91 Å². The summed E-state index contributed by atoms with van der Waals surface area (Å²) in [7, 11) is 1.44. The van der Waals surface area contributed by atoms with Crippen LogP contribution in [0.3, 0.4) is 0 Å². The summed E-state index contributed by atoms with van der Waals surface area (Å²) in [6.45, 7) is 1.71. The summed E-state index contributed by atoms with van der Waals surface area (Å²) in [6, 6.07) is 6.30. The monoisotopic (exact) mass is 291 g/mol. The first kappa shape index (κ1) is 14.6. The van der Waals surface area contributed by atoms with Gasteiger partial charge in [0.1, 0.15) is 5.56 Å². The Morgan fingerprint density at radius 3 is 2.76 bits per heavy atom. The van der Waals surface area contributed by atoms with E-state index in [1.807, 2.05) is 5.32 Å². The molecule has 2 rings (SSSR count). The van der Waals surface area contributed by atoms with E-state index in [9.17, 15) is 14.4 Å². The van der Waals surface area contributed by atoms with Gasteiger partial charge in [0.05, 0.1) is 13.7 Å². The molecule has 0 saturated carbocycles. The number of carbonyl (C=O) groups excluding carboxylic acids is 2. The summed E-state index contributed by atoms with van der Waals surface area (Å²) in [5.74, 6) is -0.506. The molecule has 0 spiro atoms. The number of benzene rings is 1. The summed E-state index contributed by atoms with van der Waals surface area (Å²) < 4.78 is 14.7. The Balaban J connectivity index is 2.42. The van der Waals surface area contributed by atoms with Crippen molar-refractivity contribution in [2.45, 2.75) is 6.92 Å². The summed E-state index contributed by atoms with van der Waals surface area (Å²) in [4.78, 5) is 34.9. The van der Waals surface area contributed by atoms with Gasteiger partial charge in [-0.25, -0.2) is 9.59 Å². The van der Waals surface area contributed by atoms with Gasteiger partial charge in [-0.15, -0.1) is 0 Å². The lowest BCUT2D eigenvalue weighted by molar-refractivity contribution is 0.0921. The Hall–Kier alpha value is -2.83. The highest BCUT2D eigenvalue weighted by molar-refractivity contribution is 6.04. The van der Waals surface area contributed by atoms with Crippen LogP contribution < -0.4 is 15.7 Å². The Labute approximate surface area is 119 Å². The summed E-state index contributed by atoms with van der Waals surface area (Å²) in [5, 5.41) is 2.44. The molecular weight excluding hydrogens is 278 g/mol. The molecule has 0 unspecified atom stereocenters. The maximum absolute atomic E-state index is 11.8. The van der Waals surface area contributed by atoms with Gasteiger partial charge in [-0.2, -0.15) is 0 Å². The first-order valence-corrected chi connectivity index (χ1v) is 6.15. The zero-order valence-corrected chi connectivity index (χ0v) is 11.5. The minimum Gasteiger partial charge on any atom is -0.493 e. The number of hydrogen-bond acceptors (Lipinski definition) is 6. The zero-order valence-electron chi connectivity index (χ0n) is 11.5. The van der Waals surface area contributed by atoms with Crippen LogP contribution in [0.2, 0.25) is 0 Å². The molecule has 2 amide bonds. The molecule has 7 nitrogen and oxygen atoms in total. The van der Waals surface area contributed by atoms with E-state index in [2.05, 4.69) is 4.74 Å². The number of nitrogens with one attached hydrogen (secondary N) is 1. The van der Waals surface area contributed by atoms with E-state index < -0.39 is 17.6 Å². The number of carbonyl (C=O) groups is 2. The maximum atomic E-state index is 11.8. The topological polar surface area (TPSA) is 94.8 Å². The van der Waals surface area contributed by atoms with Crippen molar-refractivity contribution in [1.82, 2.24) is 5.32 Å². The van der Waals surface area contributed by atoms with E-state index in [0.717, 1.165) is 0 Å². The molecule has 0 saturated heterocycles. The van der Waals surface area contributed by atoms with Gasteiger partial charge in [0.2, 0.25) is 0 Å². The fraction of sp³-hybridized carbons (Fsp3) is 0.214. The van der Waals surface area contributed by atoms with Gasteiger partial charge in [0.15, 0.2) is 11.3 Å². The van der Waals surface area contributed by atoms with Gasteiger partial charge in [-0.05, 0) is 19.1 Å². The van der Waals surface area contributed by atoms with Crippen LogP contribution in [0, 0.1) is 0 Å². The molecule has 0 aliphatic rings. The lowest BCUT2D eigenvalue weighted by Gasteiger charge is -2.06. The van der Waals surface area contributed by atoms with Crippen LogP contribution in [0.1, 0.15) is 17.3 Å². The van der Waals surface area contributed by atoms with Crippen molar-refractivity contribution in [2.75, 3.05) is 13.7 Å². The Kier molecular flexibility index (Phi) is 4.22. The van der Waals surface area contributed by atoms with Crippen molar-refractivity contribution < 1.29 is 23.5 Å². The highest BCUT2D eigenvalue weighted by Gasteiger charge is 2.17. The van der Waals surface area contributed by atoms with Crippen molar-refractivity contribution in [3.05, 3.63) is 40.2 Å². The summed E-state index contributed by atoms with van der Waals surface area (Å²) in [6.07, 6.45) is -0.923. The minimum atomic E-state index is -0.923. The largest absolute Gasteiger partial charge is 0.493 e. The molecular formula is C14H13NO6. The molecule has 2 aromatic rings. The standard InChI is InChI=1S/C14H13NO6/c1-3-20-14(18)15-12(16)9-7-8-5-4-6-10(19-2)11(8)21-13(9)17/h4-7H,3H2,1-2H3,(H,15,16,18). The highest BCUT2D eigenvalue weighted by Crippen LogP contribution is 2.24. The average molecular weight is 291 g/mol. The lowest BCUT2D eigenvalue weighted by Crippen LogP contribution is -2.34. The number of rotatable bonds is 3. The molecule has 0 bridgehead atoms. The second-order valence-corrected chi connectivity index (χ2v) is 4.00. The maximum Gasteiger partial charge on any atom is 0.414 e. The highest BCUT2D eigenvalue weighted by atomic mass is 16.5. The zero-order chi connectivity index (χ0) is 15.4. The Morgan fingerprint density at radius 2 is 2.10 bits per heavy atom. The van der Waals surface area contributed by atoms with Crippen molar-refractivity contribution in [3.8, 4) is 5.75 Å². The molecule has 1 aromatic heterocycles. The third-order valence-corrected chi connectivity index (χ3v) is 2.68. The average Bonchev–Trinajstić information content (AvgIpc) is 2.46. The predicted octanol–water partition coefficient (Wildman–Crippen LogP) is 1.69. The number of ether oxygens (including phenoxy) is 2. The second-order valence-electron chi connectivity index (χ2n) is 4.00. The van der Waals surface area contributed by atoms with Crippen LogP contribution in [0.5, 0.6) is 5.75 Å². The van der Waals surface area contributed by atoms with Crippen LogP contribution in [-0.2, 0) is 4.74 Å². The first-order chi connectivity index (χ1) is 10.1. The molecule has 7 heteroatoms. The summed E-state index contributed by atoms with van der Waals surface area (Å²) in [5.41, 5.74) is -0.921. The molecule has 110 valence electrons. The second kappa shape index (κ2) is 6.08. The molecule has 1 N–H and O–H groups in total. The third kappa shape index (κ3) is 3.02. The minimum absolute atomic E-state index is 0.114. The smallest absolute Gasteiger partial charge is 0.414 e. The van der Waals surface area contributed by atoms with Crippen LogP contribution in [0.15, 0.2) is 33.5 Å². The van der Waals surface area contributed by atoms with E-state index in [4.69, 9.17) is 9.15 Å². The van der Waals surface area contributed by atoms with E-state index >= 15 is 0 Å². The number of fused-ring (bicyclic) bond motifs is 1. The van der Waals surface area contributed by atoms with Gasteiger partial charge in [0, 0.05) is 5.39 Å². The number of imide groups is 1. The van der Waals surface area contributed by atoms with Crippen molar-refractivity contribution in [1.29, 1.82) is 0 Å². The molecule has 0 aliphatic carbocycles. The van der Waals surface area contributed by atoms with E-state index in [1.165, 1.54) is 13.2 Å². The third-order valence-electron chi connectivity index (χ3n) is 2.68. The molecule has 0 atom stereocenters. The van der Waals surface area contributed by atoms with Crippen molar-refractivity contribution in [2.24, 2.45) is 0 Å². The van der Waals surface area contributed by atoms with Crippen LogP contribution in [0.25, 0.3) is 11.0 Å². The normalized spacial score (nSPS) is 10.2. The SMILES string of the molecule is CCOC(=O)NC(=O)c1cc2cccc(OC)c2oc1=O. The van der Waals surface area contributed by atoms with Crippen molar-refractivity contribution >= 4 is 23.0 Å². The Bertz CT molecular complexity index is 749. The summed E-state index contributed by atoms with van der Waals surface area (Å²) >= 11 is 0. The van der Waals surface area contributed by atoms with E-state index in [0.29, 0.717) is 11.1 Å². The molecule has 0 fully saturated rings. The van der Waals surface area contributed by atoms with Crippen LogP contribution in [0.4, 0.5) is 4.79 Å². The van der Waals surface area contributed by atoms with Crippen LogP contribution >= 0.6 is 0 Å². The van der Waals surface area contributed by atoms with Crippen molar-refractivity contribution in [3.63, 3.8) is 0 Å².